The lowest BCUT2D eigenvalue weighted by Gasteiger charge is -2.42. The topological polar surface area (TPSA) is 290 Å². The van der Waals surface area contributed by atoms with Crippen molar-refractivity contribution < 1.29 is 66.8 Å². The number of rotatable bonds is 28. The first-order chi connectivity index (χ1) is 59.4. The summed E-state index contributed by atoms with van der Waals surface area (Å²) in [6, 6.07) is 44.6. The van der Waals surface area contributed by atoms with Gasteiger partial charge >= 0.3 is 6.09 Å². The van der Waals surface area contributed by atoms with Gasteiger partial charge in [0.2, 0.25) is 11.8 Å². The van der Waals surface area contributed by atoms with Crippen molar-refractivity contribution >= 4 is 93.4 Å². The van der Waals surface area contributed by atoms with Gasteiger partial charge in [0.25, 0.3) is 23.6 Å². The van der Waals surface area contributed by atoms with Crippen LogP contribution in [0, 0.1) is 27.7 Å². The number of benzene rings is 6. The number of hydrogen-bond donors (Lipinski definition) is 4. The van der Waals surface area contributed by atoms with Crippen LogP contribution in [0.5, 0.6) is 11.5 Å². The number of carbonyl (C=O) groups excluding carboxylic acids is 9. The number of Topliss-reactive ketones (excluding diaryl/α,β-unsaturated/α-hetero) is 2. The first-order valence-corrected chi connectivity index (χ1v) is 42.2. The predicted molar refractivity (Wildman–Crippen MR) is 474 cm³/mol. The number of anilines is 5. The highest BCUT2D eigenvalue weighted by molar-refractivity contribution is 6.08. The fourth-order valence-corrected chi connectivity index (χ4v) is 16.3. The van der Waals surface area contributed by atoms with Crippen LogP contribution >= 0.6 is 0 Å². The smallest absolute Gasteiger partial charge is 0.416 e. The van der Waals surface area contributed by atoms with Crippen molar-refractivity contribution in [2.45, 2.75) is 149 Å². The van der Waals surface area contributed by atoms with Crippen molar-refractivity contribution in [2.24, 2.45) is 33.2 Å². The Morgan fingerprint density at radius 2 is 0.992 bits per heavy atom. The number of nitrogens with one attached hydrogen (secondary N) is 4. The molecule has 4 aromatic heterocycles. The number of piperidine rings is 2. The summed E-state index contributed by atoms with van der Waals surface area (Å²) in [6.07, 6.45) is 18.1. The highest BCUT2D eigenvalue weighted by atomic mass is 16.7. The van der Waals surface area contributed by atoms with Gasteiger partial charge in [0.1, 0.15) is 29.5 Å². The Labute approximate surface area is 716 Å². The predicted octanol–water partition coefficient (Wildman–Crippen LogP) is 17.0. The summed E-state index contributed by atoms with van der Waals surface area (Å²) in [5.41, 5.74) is 15.5. The van der Waals surface area contributed by atoms with Crippen molar-refractivity contribution in [2.75, 3.05) is 65.7 Å². The largest absolute Gasteiger partial charge is 0.493 e. The third kappa shape index (κ3) is 20.9. The van der Waals surface area contributed by atoms with Crippen molar-refractivity contribution in [1.82, 2.24) is 28.1 Å². The Morgan fingerprint density at radius 3 is 1.51 bits per heavy atom. The van der Waals surface area contributed by atoms with E-state index in [-0.39, 0.29) is 91.9 Å². The highest BCUT2D eigenvalue weighted by Crippen LogP contribution is 2.41. The molecule has 0 aliphatic carbocycles. The maximum absolute atomic E-state index is 14.2. The molecule has 5 aliphatic rings. The number of hydrogen-bond acceptors (Lipinski definition) is 15. The molecule has 0 radical (unpaired) electrons. The number of carbonyl (C=O) groups is 9. The minimum Gasteiger partial charge on any atom is -0.493 e. The number of ketones is 2. The second kappa shape index (κ2) is 39.1. The van der Waals surface area contributed by atoms with E-state index in [1.165, 1.54) is 11.0 Å². The van der Waals surface area contributed by atoms with Crippen LogP contribution in [-0.2, 0) is 64.8 Å². The zero-order chi connectivity index (χ0) is 86.5. The van der Waals surface area contributed by atoms with Crippen LogP contribution in [0.1, 0.15) is 180 Å². The normalized spacial score (nSPS) is 16.6. The van der Waals surface area contributed by atoms with E-state index in [0.717, 1.165) is 113 Å². The molecule has 2 unspecified atom stereocenters. The van der Waals surface area contributed by atoms with Crippen molar-refractivity contribution in [3.8, 4) is 33.8 Å². The SMILES string of the molecule is C=CCOC(=O)N1c2cc(OCCCC(=O)Nc3cc(C(=O)Cc4ccc(-c5cc(C(=O)Nc6ccc(C)cc6)n(C)c5)cc4)n(C)c3)c(C)cc2C(=O)N2CCCC[C@H]2C1OC1CCCCO1.Cc1ccc(NC(=O)c2cc(-c3ccc(CC(=O)c4cc(NC(=O)CCCOc5cc6c(cc5C)C(=O)N5CCCC[C@H]5C=N6)cn4C)cc3)cn2C)cc1. The molecule has 15 rings (SSSR count). The van der Waals surface area contributed by atoms with Gasteiger partial charge in [-0.3, -0.25) is 43.3 Å². The third-order valence-corrected chi connectivity index (χ3v) is 23.0. The lowest BCUT2D eigenvalue weighted by molar-refractivity contribution is -0.198. The van der Waals surface area contributed by atoms with Gasteiger partial charge in [0.15, 0.2) is 24.1 Å². The second-order valence-electron chi connectivity index (χ2n) is 32.4. The first kappa shape index (κ1) is 86.2. The van der Waals surface area contributed by atoms with Crippen LogP contribution in [-0.4, -0.2) is 152 Å². The molecule has 123 heavy (non-hydrogen) atoms. The molecule has 0 spiro atoms. The Kier molecular flexibility index (Phi) is 27.4. The molecule has 26 nitrogen and oxygen atoms in total. The summed E-state index contributed by atoms with van der Waals surface area (Å²) in [7, 11) is 7.23. The summed E-state index contributed by atoms with van der Waals surface area (Å²) in [5.74, 6) is -0.0497. The van der Waals surface area contributed by atoms with Gasteiger partial charge in [0, 0.05) is 139 Å². The molecule has 3 saturated heterocycles. The minimum atomic E-state index is -0.858. The van der Waals surface area contributed by atoms with Gasteiger partial charge in [-0.2, -0.15) is 0 Å². The molecule has 638 valence electrons. The number of amides is 7. The van der Waals surface area contributed by atoms with Gasteiger partial charge in [-0.1, -0.05) is 96.6 Å². The van der Waals surface area contributed by atoms with Crippen LogP contribution in [0.2, 0.25) is 0 Å². The Morgan fingerprint density at radius 1 is 0.504 bits per heavy atom. The minimum absolute atomic E-state index is 0.0181. The third-order valence-electron chi connectivity index (χ3n) is 23.0. The van der Waals surface area contributed by atoms with Gasteiger partial charge in [-0.05, 0) is 192 Å². The molecule has 6 aromatic carbocycles. The number of fused-ring (bicyclic) bond motifs is 4. The fourth-order valence-electron chi connectivity index (χ4n) is 16.3. The van der Waals surface area contributed by atoms with Gasteiger partial charge in [0.05, 0.1) is 70.6 Å². The van der Waals surface area contributed by atoms with E-state index in [1.807, 2.05) is 192 Å². The lowest BCUT2D eigenvalue weighted by atomic mass is 10.00. The average molecular weight is 1660 g/mol. The van der Waals surface area contributed by atoms with Crippen LogP contribution in [0.4, 0.5) is 38.9 Å². The van der Waals surface area contributed by atoms with Crippen molar-refractivity contribution in [3.05, 3.63) is 250 Å². The number of aryl methyl sites for hydroxylation is 8. The Balaban J connectivity index is 0.000000205. The van der Waals surface area contributed by atoms with E-state index in [1.54, 1.807) is 69.0 Å². The molecule has 3 fully saturated rings. The van der Waals surface area contributed by atoms with E-state index < -0.39 is 24.7 Å². The molecule has 0 bridgehead atoms. The zero-order valence-electron chi connectivity index (χ0n) is 71.0. The molecule has 5 aliphatic heterocycles. The average Bonchev–Trinajstić information content (AvgIpc) is 1.60. The number of nitrogens with zero attached hydrogens (tertiary/aromatic N) is 8. The van der Waals surface area contributed by atoms with E-state index in [0.29, 0.717) is 119 Å². The highest BCUT2D eigenvalue weighted by Gasteiger charge is 2.47. The van der Waals surface area contributed by atoms with E-state index >= 15 is 0 Å². The maximum Gasteiger partial charge on any atom is 0.416 e. The summed E-state index contributed by atoms with van der Waals surface area (Å²) < 4.78 is 37.5. The van der Waals surface area contributed by atoms with Gasteiger partial charge in [-0.25, -0.2) is 9.69 Å². The molecule has 26 heteroatoms. The van der Waals surface area contributed by atoms with Crippen molar-refractivity contribution in [1.29, 1.82) is 0 Å². The molecule has 0 saturated carbocycles. The molecule has 7 amide bonds. The molecule has 4 N–H and O–H groups in total. The van der Waals surface area contributed by atoms with E-state index in [2.05, 4.69) is 32.8 Å². The molecular formula is C97H106N12O14. The maximum atomic E-state index is 14.2. The van der Waals surface area contributed by atoms with Crippen LogP contribution in [0.15, 0.2) is 188 Å². The lowest BCUT2D eigenvalue weighted by Crippen LogP contribution is -2.57. The monoisotopic (exact) mass is 1660 g/mol. The summed E-state index contributed by atoms with van der Waals surface area (Å²) >= 11 is 0. The molecule has 9 heterocycles. The molecular weight excluding hydrogens is 1560 g/mol. The van der Waals surface area contributed by atoms with Crippen LogP contribution in [0.25, 0.3) is 22.3 Å². The summed E-state index contributed by atoms with van der Waals surface area (Å²) in [5, 5.41) is 11.7. The zero-order valence-corrected chi connectivity index (χ0v) is 71.0. The Hall–Kier alpha value is -13.2. The van der Waals surface area contributed by atoms with Crippen LogP contribution < -0.4 is 35.6 Å². The van der Waals surface area contributed by atoms with Gasteiger partial charge in [-0.15, -0.1) is 0 Å². The quantitative estimate of drug-likeness (QED) is 0.0201. The van der Waals surface area contributed by atoms with Crippen molar-refractivity contribution in [3.63, 3.8) is 0 Å². The standard InChI is InChI=1S/C53H60N6O9.C44H46N6O5/c1-6-24-67-53(64)59-43-31-47(35(3)27-41(43)51(63)58-23-9-7-12-42(58)52(59)68-49-14-8-10-25-66-49)65-26-11-13-48(61)54-40-30-44(57(5)33-40)46(60)28-36-17-19-37(20-18-36)38-29-45(56(4)32-38)50(62)55-39-21-15-34(2)16-22-39;1-28-10-16-33(17-11-28)47-43(53)39-22-32(26-48(39)3)31-14-12-30(13-15-31)21-40(51)38-23-34(27-49(38)4)46-42(52)9-7-19-55-41-24-37-36(20-29(41)2)44(54)50-18-6-5-8-35(50)25-45-37/h6,15-22,27,29-33,42,49,52H,1,7-14,23-26,28H2,2-5H3,(H,54,61)(H,55,62);10-17,20,22-27,35H,5-9,18-19,21H2,1-4H3,(H,46,52)(H,47,53)/t42-,49?,52?;35-/m00/s1. The molecule has 10 aromatic rings. The number of aliphatic imine (C=N–C) groups is 1. The summed E-state index contributed by atoms with van der Waals surface area (Å²) in [6.45, 7) is 13.8. The number of aromatic nitrogens is 4. The number of ether oxygens (including phenoxy) is 5. The van der Waals surface area contributed by atoms with Crippen LogP contribution in [0.3, 0.4) is 0 Å². The second-order valence-corrected chi connectivity index (χ2v) is 32.4. The first-order valence-electron chi connectivity index (χ1n) is 42.2. The molecule has 4 atom stereocenters. The van der Waals surface area contributed by atoms with E-state index in [9.17, 15) is 43.2 Å². The van der Waals surface area contributed by atoms with Gasteiger partial charge < -0.3 is 73.0 Å². The fraction of sp³-hybridized carbons (Fsp3) is 0.340. The summed E-state index contributed by atoms with van der Waals surface area (Å²) in [4.78, 5) is 130. The van der Waals surface area contributed by atoms with E-state index in [4.69, 9.17) is 23.7 Å². The Bertz CT molecular complexity index is 5630.